The van der Waals surface area contributed by atoms with E-state index in [0.717, 1.165) is 23.6 Å². The molecule has 0 heterocycles. The van der Waals surface area contributed by atoms with E-state index in [0.29, 0.717) is 0 Å². The van der Waals surface area contributed by atoms with E-state index in [4.69, 9.17) is 10.5 Å². The predicted molar refractivity (Wildman–Crippen MR) is 117 cm³/mol. The first-order chi connectivity index (χ1) is 13.7. The van der Waals surface area contributed by atoms with Crippen molar-refractivity contribution in [2.24, 2.45) is 0 Å². The third-order valence-corrected chi connectivity index (χ3v) is 4.79. The molecule has 0 aromatic heterocycles. The van der Waals surface area contributed by atoms with Crippen LogP contribution >= 0.6 is 0 Å². The number of nitrogens with two attached hydrogens (primary N) is 1. The van der Waals surface area contributed by atoms with Crippen LogP contribution in [-0.2, 0) is 6.42 Å². The van der Waals surface area contributed by atoms with Crippen LogP contribution in [0.4, 0.5) is 5.69 Å². The highest BCUT2D eigenvalue weighted by Crippen LogP contribution is 2.27. The van der Waals surface area contributed by atoms with E-state index < -0.39 is 0 Å². The summed E-state index contributed by atoms with van der Waals surface area (Å²) in [7, 11) is 0. The zero-order chi connectivity index (χ0) is 19.3. The number of hydrogen-bond donors (Lipinski definition) is 1. The number of aryl methyl sites for hydroxylation is 1. The van der Waals surface area contributed by atoms with Crippen LogP contribution in [0.25, 0.3) is 11.1 Å². The van der Waals surface area contributed by atoms with E-state index in [9.17, 15) is 0 Å². The topological polar surface area (TPSA) is 35.2 Å². The zero-order valence-electron chi connectivity index (χ0n) is 15.9. The molecule has 0 radical (unpaired) electrons. The lowest BCUT2D eigenvalue weighted by atomic mass is 10.00. The van der Waals surface area contributed by atoms with E-state index in [1.54, 1.807) is 0 Å². The Morgan fingerprint density at radius 3 is 1.54 bits per heavy atom. The Morgan fingerprint density at radius 1 is 0.571 bits per heavy atom. The molecule has 2 heteroatoms. The van der Waals surface area contributed by atoms with Crippen LogP contribution in [0, 0.1) is 6.92 Å². The molecule has 4 aromatic rings. The summed E-state index contributed by atoms with van der Waals surface area (Å²) >= 11 is 0. The van der Waals surface area contributed by atoms with Gasteiger partial charge in [0.1, 0.15) is 11.5 Å². The quantitative estimate of drug-likeness (QED) is 0.403. The van der Waals surface area contributed by atoms with Crippen LogP contribution in [0.15, 0.2) is 97.1 Å². The summed E-state index contributed by atoms with van der Waals surface area (Å²) in [4.78, 5) is 0. The van der Waals surface area contributed by atoms with Gasteiger partial charge in [-0.2, -0.15) is 0 Å². The smallest absolute Gasteiger partial charge is 0.127 e. The third kappa shape index (κ3) is 4.41. The lowest BCUT2D eigenvalue weighted by Gasteiger charge is -2.08. The monoisotopic (exact) mass is 365 g/mol. The molecule has 0 unspecified atom stereocenters. The van der Waals surface area contributed by atoms with Crippen molar-refractivity contribution in [2.75, 3.05) is 5.73 Å². The molecular weight excluding hydrogens is 342 g/mol. The van der Waals surface area contributed by atoms with Crippen LogP contribution in [0.5, 0.6) is 11.5 Å². The summed E-state index contributed by atoms with van der Waals surface area (Å²) in [5, 5.41) is 0. The minimum absolute atomic E-state index is 0.730. The Kier molecular flexibility index (Phi) is 5.11. The lowest BCUT2D eigenvalue weighted by Crippen LogP contribution is -1.89. The SMILES string of the molecule is Cc1ccc(Cc2ccc(-c3ccc(Oc4ccc(N)cc4)cc3)cc2)cc1. The van der Waals surface area contributed by atoms with Crippen molar-refractivity contribution in [3.8, 4) is 22.6 Å². The number of hydrogen-bond acceptors (Lipinski definition) is 2. The molecule has 0 aliphatic heterocycles. The third-order valence-electron chi connectivity index (χ3n) is 4.79. The standard InChI is InChI=1S/C26H23NO/c1-19-2-4-20(5-3-19)18-21-6-8-22(9-7-21)23-10-14-25(15-11-23)28-26-16-12-24(27)13-17-26/h2-17H,18,27H2,1H3. The summed E-state index contributed by atoms with van der Waals surface area (Å²) < 4.78 is 5.86. The average molecular weight is 365 g/mol. The number of rotatable bonds is 5. The van der Waals surface area contributed by atoms with Gasteiger partial charge in [-0.1, -0.05) is 66.2 Å². The molecule has 28 heavy (non-hydrogen) atoms. The Balaban J connectivity index is 1.43. The normalized spacial score (nSPS) is 10.6. The Morgan fingerprint density at radius 2 is 1.00 bits per heavy atom. The molecule has 2 nitrogen and oxygen atoms in total. The van der Waals surface area contributed by atoms with Crippen molar-refractivity contribution in [2.45, 2.75) is 13.3 Å². The maximum atomic E-state index is 5.86. The van der Waals surface area contributed by atoms with Crippen molar-refractivity contribution in [1.82, 2.24) is 0 Å². The summed E-state index contributed by atoms with van der Waals surface area (Å²) in [6.07, 6.45) is 0.953. The van der Waals surface area contributed by atoms with Crippen molar-refractivity contribution in [3.63, 3.8) is 0 Å². The highest BCUT2D eigenvalue weighted by molar-refractivity contribution is 5.64. The van der Waals surface area contributed by atoms with Gasteiger partial charge in [0, 0.05) is 5.69 Å². The maximum Gasteiger partial charge on any atom is 0.127 e. The molecule has 0 fully saturated rings. The van der Waals surface area contributed by atoms with Gasteiger partial charge in [-0.15, -0.1) is 0 Å². The number of anilines is 1. The van der Waals surface area contributed by atoms with Crippen LogP contribution in [-0.4, -0.2) is 0 Å². The second-order valence-electron chi connectivity index (χ2n) is 7.05. The fourth-order valence-electron chi connectivity index (χ4n) is 3.14. The van der Waals surface area contributed by atoms with Crippen molar-refractivity contribution < 1.29 is 4.74 Å². The number of ether oxygens (including phenoxy) is 1. The summed E-state index contributed by atoms with van der Waals surface area (Å²) in [5.74, 6) is 1.59. The van der Waals surface area contributed by atoms with E-state index in [1.807, 2.05) is 36.4 Å². The second-order valence-corrected chi connectivity index (χ2v) is 7.05. The zero-order valence-corrected chi connectivity index (χ0v) is 15.9. The van der Waals surface area contributed by atoms with Crippen LogP contribution in [0.2, 0.25) is 0 Å². The first-order valence-corrected chi connectivity index (χ1v) is 9.44. The molecule has 138 valence electrons. The second kappa shape index (κ2) is 8.01. The van der Waals surface area contributed by atoms with Gasteiger partial charge in [-0.05, 0) is 72.0 Å². The number of benzene rings is 4. The molecule has 0 aliphatic rings. The van der Waals surface area contributed by atoms with Crippen molar-refractivity contribution in [3.05, 3.63) is 114 Å². The highest BCUT2D eigenvalue weighted by atomic mass is 16.5. The molecule has 4 rings (SSSR count). The predicted octanol–water partition coefficient (Wildman–Crippen LogP) is 6.63. The summed E-state index contributed by atoms with van der Waals surface area (Å²) in [6.45, 7) is 2.12. The van der Waals surface area contributed by atoms with Gasteiger partial charge >= 0.3 is 0 Å². The van der Waals surface area contributed by atoms with Crippen LogP contribution < -0.4 is 10.5 Å². The summed E-state index contributed by atoms with van der Waals surface area (Å²) in [6, 6.07) is 33.1. The molecule has 0 saturated heterocycles. The Hall–Kier alpha value is -3.52. The molecule has 0 atom stereocenters. The van der Waals surface area contributed by atoms with Gasteiger partial charge < -0.3 is 10.5 Å². The number of nitrogen functional groups attached to an aromatic ring is 1. The van der Waals surface area contributed by atoms with Gasteiger partial charge in [0.15, 0.2) is 0 Å². The van der Waals surface area contributed by atoms with E-state index >= 15 is 0 Å². The minimum Gasteiger partial charge on any atom is -0.457 e. The van der Waals surface area contributed by atoms with Gasteiger partial charge in [0.05, 0.1) is 0 Å². The molecule has 0 saturated carbocycles. The Bertz CT molecular complexity index is 943. The van der Waals surface area contributed by atoms with Crippen LogP contribution in [0.1, 0.15) is 16.7 Å². The van der Waals surface area contributed by atoms with Crippen molar-refractivity contribution in [1.29, 1.82) is 0 Å². The first kappa shape index (κ1) is 17.9. The lowest BCUT2D eigenvalue weighted by molar-refractivity contribution is 0.483. The highest BCUT2D eigenvalue weighted by Gasteiger charge is 2.02. The minimum atomic E-state index is 0.730. The fourth-order valence-corrected chi connectivity index (χ4v) is 3.14. The summed E-state index contributed by atoms with van der Waals surface area (Å²) in [5.41, 5.74) is 12.8. The van der Waals surface area contributed by atoms with E-state index in [1.165, 1.54) is 27.8 Å². The van der Waals surface area contributed by atoms with Crippen LogP contribution in [0.3, 0.4) is 0 Å². The van der Waals surface area contributed by atoms with Gasteiger partial charge in [-0.3, -0.25) is 0 Å². The molecule has 0 spiro atoms. The molecule has 0 aliphatic carbocycles. The van der Waals surface area contributed by atoms with Gasteiger partial charge in [0.25, 0.3) is 0 Å². The maximum absolute atomic E-state index is 5.86. The largest absolute Gasteiger partial charge is 0.457 e. The molecule has 0 bridgehead atoms. The van der Waals surface area contributed by atoms with Gasteiger partial charge in [-0.25, -0.2) is 0 Å². The molecule has 0 amide bonds. The fraction of sp³-hybridized carbons (Fsp3) is 0.0769. The molecule has 2 N–H and O–H groups in total. The van der Waals surface area contributed by atoms with Gasteiger partial charge in [0.2, 0.25) is 0 Å². The first-order valence-electron chi connectivity index (χ1n) is 9.44. The van der Waals surface area contributed by atoms with Crippen molar-refractivity contribution >= 4 is 5.69 Å². The molecular formula is C26H23NO. The average Bonchev–Trinajstić information content (AvgIpc) is 2.73. The van der Waals surface area contributed by atoms with E-state index in [-0.39, 0.29) is 0 Å². The van der Waals surface area contributed by atoms with E-state index in [2.05, 4.69) is 67.6 Å². The molecule has 4 aromatic carbocycles. The Labute approximate surface area is 166 Å².